The van der Waals surface area contributed by atoms with Crippen LogP contribution in [0.3, 0.4) is 0 Å². The number of ether oxygens (including phenoxy) is 1. The van der Waals surface area contributed by atoms with Gasteiger partial charge in [0.25, 0.3) is 5.91 Å². The zero-order chi connectivity index (χ0) is 16.1. The molecule has 0 saturated carbocycles. The predicted octanol–water partition coefficient (Wildman–Crippen LogP) is 3.84. The van der Waals surface area contributed by atoms with Crippen LogP contribution >= 0.6 is 0 Å². The summed E-state index contributed by atoms with van der Waals surface area (Å²) in [5.74, 6) is 0.578. The number of rotatable bonds is 5. The number of hydrogen-bond donors (Lipinski definition) is 1. The zero-order valence-corrected chi connectivity index (χ0v) is 13.1. The van der Waals surface area contributed by atoms with Crippen molar-refractivity contribution < 1.29 is 9.53 Å². The summed E-state index contributed by atoms with van der Waals surface area (Å²) in [7, 11) is 0. The number of amides is 1. The molecule has 0 atom stereocenters. The second kappa shape index (κ2) is 6.97. The van der Waals surface area contributed by atoms with Gasteiger partial charge in [0.1, 0.15) is 5.75 Å². The third-order valence-electron chi connectivity index (χ3n) is 3.75. The molecule has 0 fully saturated rings. The normalized spacial score (nSPS) is 10.5. The monoisotopic (exact) mass is 305 g/mol. The first-order valence-electron chi connectivity index (χ1n) is 7.65. The van der Waals surface area contributed by atoms with Gasteiger partial charge in [0, 0.05) is 6.54 Å². The maximum atomic E-state index is 12.0. The van der Waals surface area contributed by atoms with Crippen LogP contribution < -0.4 is 10.1 Å². The minimum atomic E-state index is -0.126. The smallest absolute Gasteiger partial charge is 0.258 e. The number of carbonyl (C=O) groups excluding carboxylic acids is 1. The van der Waals surface area contributed by atoms with Crippen molar-refractivity contribution >= 4 is 16.7 Å². The van der Waals surface area contributed by atoms with E-state index < -0.39 is 0 Å². The van der Waals surface area contributed by atoms with Gasteiger partial charge in [-0.25, -0.2) is 0 Å². The second-order valence-corrected chi connectivity index (χ2v) is 5.52. The van der Waals surface area contributed by atoms with Gasteiger partial charge in [-0.1, -0.05) is 60.2 Å². The van der Waals surface area contributed by atoms with Gasteiger partial charge in [-0.05, 0) is 35.4 Å². The summed E-state index contributed by atoms with van der Waals surface area (Å²) in [5, 5.41) is 5.25. The Labute approximate surface area is 135 Å². The van der Waals surface area contributed by atoms with E-state index in [1.165, 1.54) is 5.39 Å². The number of nitrogens with one attached hydrogen (secondary N) is 1. The summed E-state index contributed by atoms with van der Waals surface area (Å²) >= 11 is 0. The average Bonchev–Trinajstić information content (AvgIpc) is 2.59. The number of carbonyl (C=O) groups is 1. The Bertz CT molecular complexity index is 804. The summed E-state index contributed by atoms with van der Waals surface area (Å²) in [6.07, 6.45) is 0. The van der Waals surface area contributed by atoms with Crippen LogP contribution in [0.2, 0.25) is 0 Å². The van der Waals surface area contributed by atoms with Crippen molar-refractivity contribution in [2.45, 2.75) is 13.5 Å². The Hall–Kier alpha value is -2.81. The Morgan fingerprint density at radius 3 is 2.52 bits per heavy atom. The third-order valence-corrected chi connectivity index (χ3v) is 3.75. The lowest BCUT2D eigenvalue weighted by Crippen LogP contribution is -2.28. The van der Waals surface area contributed by atoms with Crippen LogP contribution in [0.25, 0.3) is 10.8 Å². The summed E-state index contributed by atoms with van der Waals surface area (Å²) < 4.78 is 5.49. The highest BCUT2D eigenvalue weighted by atomic mass is 16.5. The molecule has 3 heteroatoms. The average molecular weight is 305 g/mol. The van der Waals surface area contributed by atoms with E-state index in [9.17, 15) is 4.79 Å². The predicted molar refractivity (Wildman–Crippen MR) is 92.5 cm³/mol. The molecule has 0 spiro atoms. The van der Waals surface area contributed by atoms with Gasteiger partial charge in [-0.2, -0.15) is 0 Å². The Morgan fingerprint density at radius 2 is 1.70 bits per heavy atom. The molecule has 0 aliphatic heterocycles. The molecule has 1 N–H and O–H groups in total. The number of hydrogen-bond acceptors (Lipinski definition) is 2. The van der Waals surface area contributed by atoms with E-state index in [1.807, 2.05) is 55.5 Å². The van der Waals surface area contributed by atoms with Crippen molar-refractivity contribution in [2.24, 2.45) is 0 Å². The summed E-state index contributed by atoms with van der Waals surface area (Å²) in [6.45, 7) is 2.53. The molecule has 3 rings (SSSR count). The minimum absolute atomic E-state index is 0.0217. The lowest BCUT2D eigenvalue weighted by Gasteiger charge is -2.09. The fourth-order valence-electron chi connectivity index (χ4n) is 2.47. The molecular weight excluding hydrogens is 286 g/mol. The van der Waals surface area contributed by atoms with Crippen LogP contribution in [0.15, 0.2) is 66.7 Å². The molecule has 23 heavy (non-hydrogen) atoms. The molecule has 3 nitrogen and oxygen atoms in total. The standard InChI is InChI=1S/C20H19NO2/c1-15-9-11-18(12-10-15)23-14-20(22)21-13-17-7-4-6-16-5-2-3-8-19(16)17/h2-12H,13-14H2,1H3,(H,21,22). The highest BCUT2D eigenvalue weighted by Crippen LogP contribution is 2.18. The quantitative estimate of drug-likeness (QED) is 0.777. The molecule has 0 aliphatic carbocycles. The first-order chi connectivity index (χ1) is 11.2. The van der Waals surface area contributed by atoms with Gasteiger partial charge in [-0.3, -0.25) is 4.79 Å². The lowest BCUT2D eigenvalue weighted by molar-refractivity contribution is -0.123. The summed E-state index contributed by atoms with van der Waals surface area (Å²) in [4.78, 5) is 12.0. The molecule has 3 aromatic rings. The number of benzene rings is 3. The molecule has 0 aliphatic rings. The van der Waals surface area contributed by atoms with E-state index in [4.69, 9.17) is 4.74 Å². The molecule has 0 aromatic heterocycles. The van der Waals surface area contributed by atoms with Crippen LogP contribution in [0, 0.1) is 6.92 Å². The van der Waals surface area contributed by atoms with Gasteiger partial charge in [-0.15, -0.1) is 0 Å². The Balaban J connectivity index is 1.57. The van der Waals surface area contributed by atoms with E-state index in [0.717, 1.165) is 16.5 Å². The maximum Gasteiger partial charge on any atom is 0.258 e. The minimum Gasteiger partial charge on any atom is -0.484 e. The zero-order valence-electron chi connectivity index (χ0n) is 13.1. The second-order valence-electron chi connectivity index (χ2n) is 5.52. The molecule has 0 unspecified atom stereocenters. The van der Waals surface area contributed by atoms with E-state index >= 15 is 0 Å². The molecular formula is C20H19NO2. The van der Waals surface area contributed by atoms with Gasteiger partial charge < -0.3 is 10.1 Å². The van der Waals surface area contributed by atoms with Crippen LogP contribution in [0.1, 0.15) is 11.1 Å². The lowest BCUT2D eigenvalue weighted by atomic mass is 10.0. The number of aryl methyl sites for hydroxylation is 1. The van der Waals surface area contributed by atoms with Gasteiger partial charge in [0.2, 0.25) is 0 Å². The van der Waals surface area contributed by atoms with Crippen molar-refractivity contribution in [2.75, 3.05) is 6.61 Å². The van der Waals surface area contributed by atoms with Gasteiger partial charge in [0.15, 0.2) is 6.61 Å². The maximum absolute atomic E-state index is 12.0. The fourth-order valence-corrected chi connectivity index (χ4v) is 2.47. The largest absolute Gasteiger partial charge is 0.484 e. The number of fused-ring (bicyclic) bond motifs is 1. The van der Waals surface area contributed by atoms with Gasteiger partial charge in [0.05, 0.1) is 0 Å². The molecule has 0 heterocycles. The summed E-state index contributed by atoms with van der Waals surface area (Å²) in [6, 6.07) is 21.9. The van der Waals surface area contributed by atoms with Crippen LogP contribution in [-0.2, 0) is 11.3 Å². The first-order valence-corrected chi connectivity index (χ1v) is 7.65. The van der Waals surface area contributed by atoms with E-state index in [0.29, 0.717) is 12.3 Å². The fraction of sp³-hybridized carbons (Fsp3) is 0.150. The molecule has 116 valence electrons. The van der Waals surface area contributed by atoms with E-state index in [1.54, 1.807) is 0 Å². The van der Waals surface area contributed by atoms with Crippen LogP contribution in [0.5, 0.6) is 5.75 Å². The highest BCUT2D eigenvalue weighted by molar-refractivity contribution is 5.86. The van der Waals surface area contributed by atoms with Crippen molar-refractivity contribution in [3.05, 3.63) is 77.9 Å². The molecule has 0 radical (unpaired) electrons. The van der Waals surface area contributed by atoms with Crippen molar-refractivity contribution in [1.29, 1.82) is 0 Å². The SMILES string of the molecule is Cc1ccc(OCC(=O)NCc2cccc3ccccc23)cc1. The molecule has 3 aromatic carbocycles. The van der Waals surface area contributed by atoms with E-state index in [-0.39, 0.29) is 12.5 Å². The Kier molecular flexibility index (Phi) is 4.57. The van der Waals surface area contributed by atoms with Crippen molar-refractivity contribution in [3.8, 4) is 5.75 Å². The van der Waals surface area contributed by atoms with Crippen LogP contribution in [-0.4, -0.2) is 12.5 Å². The molecule has 0 bridgehead atoms. The third kappa shape index (κ3) is 3.89. The van der Waals surface area contributed by atoms with Gasteiger partial charge >= 0.3 is 0 Å². The van der Waals surface area contributed by atoms with E-state index in [2.05, 4.69) is 23.5 Å². The van der Waals surface area contributed by atoms with Crippen molar-refractivity contribution in [1.82, 2.24) is 5.32 Å². The van der Waals surface area contributed by atoms with Crippen molar-refractivity contribution in [3.63, 3.8) is 0 Å². The molecule has 0 saturated heterocycles. The van der Waals surface area contributed by atoms with Crippen LogP contribution in [0.4, 0.5) is 0 Å². The highest BCUT2D eigenvalue weighted by Gasteiger charge is 2.05. The topological polar surface area (TPSA) is 38.3 Å². The summed E-state index contributed by atoms with van der Waals surface area (Å²) in [5.41, 5.74) is 2.27. The molecule has 1 amide bonds. The first kappa shape index (κ1) is 15.1. The Morgan fingerprint density at radius 1 is 0.957 bits per heavy atom.